The summed E-state index contributed by atoms with van der Waals surface area (Å²) in [6.45, 7) is 14.0. The SMILES string of the molecule is CC(C)(C)c1cccc(C2(c3cccc(C(C)(C)C)c3)c3ccccc3-c3ccc(N(c4ccccc4-c4cccc5ccccc45)c4ccccc4-c4ccc(C5CCCCC5)c5ccccc45)cc32)c1. The van der Waals surface area contributed by atoms with E-state index in [1.54, 1.807) is 0 Å². The van der Waals surface area contributed by atoms with Crippen LogP contribution in [0.1, 0.15) is 119 Å². The van der Waals surface area contributed by atoms with Crippen LogP contribution in [-0.4, -0.2) is 0 Å². The molecule has 0 bridgehead atoms. The van der Waals surface area contributed by atoms with Gasteiger partial charge in [-0.05, 0) is 137 Å². The van der Waals surface area contributed by atoms with E-state index in [1.165, 1.54) is 126 Å². The van der Waals surface area contributed by atoms with Gasteiger partial charge < -0.3 is 4.90 Å². The number of anilines is 3. The lowest BCUT2D eigenvalue weighted by Gasteiger charge is -2.37. The number of benzene rings is 10. The molecule has 0 N–H and O–H groups in total. The Labute approximate surface area is 427 Å². The summed E-state index contributed by atoms with van der Waals surface area (Å²) in [5, 5.41) is 5.17. The summed E-state index contributed by atoms with van der Waals surface area (Å²) in [5.74, 6) is 0.598. The van der Waals surface area contributed by atoms with Crippen LogP contribution < -0.4 is 4.90 Å². The molecule has 0 heterocycles. The van der Waals surface area contributed by atoms with Gasteiger partial charge in [-0.3, -0.25) is 0 Å². The Balaban J connectivity index is 1.16. The molecule has 0 aliphatic heterocycles. The van der Waals surface area contributed by atoms with Crippen LogP contribution in [0.2, 0.25) is 0 Å². The fourth-order valence-electron chi connectivity index (χ4n) is 12.6. The highest BCUT2D eigenvalue weighted by Crippen LogP contribution is 2.59. The molecule has 0 atom stereocenters. The van der Waals surface area contributed by atoms with Crippen LogP contribution in [0.25, 0.3) is 54.9 Å². The van der Waals surface area contributed by atoms with E-state index in [4.69, 9.17) is 0 Å². The maximum absolute atomic E-state index is 2.58. The third-order valence-corrected chi connectivity index (χ3v) is 16.3. The van der Waals surface area contributed by atoms with E-state index in [9.17, 15) is 0 Å². The van der Waals surface area contributed by atoms with Crippen molar-refractivity contribution in [3.63, 3.8) is 0 Å². The van der Waals surface area contributed by atoms with Gasteiger partial charge in [0, 0.05) is 16.8 Å². The Morgan fingerprint density at radius 3 is 1.51 bits per heavy atom. The summed E-state index contributed by atoms with van der Waals surface area (Å²) < 4.78 is 0. The molecular formula is C71H65N. The molecular weight excluding hydrogens is 867 g/mol. The lowest BCUT2D eigenvalue weighted by molar-refractivity contribution is 0.445. The van der Waals surface area contributed by atoms with Crippen molar-refractivity contribution in [3.05, 3.63) is 257 Å². The van der Waals surface area contributed by atoms with Gasteiger partial charge in [-0.15, -0.1) is 0 Å². The first-order valence-electron chi connectivity index (χ1n) is 26.4. The Morgan fingerprint density at radius 1 is 0.375 bits per heavy atom. The Bertz CT molecular complexity index is 3600. The van der Waals surface area contributed by atoms with Crippen LogP contribution >= 0.6 is 0 Å². The maximum atomic E-state index is 2.58. The zero-order valence-electron chi connectivity index (χ0n) is 42.8. The van der Waals surface area contributed by atoms with E-state index in [-0.39, 0.29) is 10.8 Å². The van der Waals surface area contributed by atoms with E-state index < -0.39 is 5.41 Å². The van der Waals surface area contributed by atoms with Crippen molar-refractivity contribution in [2.24, 2.45) is 0 Å². The number of hydrogen-bond acceptors (Lipinski definition) is 1. The first-order valence-corrected chi connectivity index (χ1v) is 26.4. The van der Waals surface area contributed by atoms with Crippen molar-refractivity contribution >= 4 is 38.6 Å². The van der Waals surface area contributed by atoms with Crippen LogP contribution in [0, 0.1) is 0 Å². The van der Waals surface area contributed by atoms with Gasteiger partial charge in [-0.25, -0.2) is 0 Å². The minimum absolute atomic E-state index is 0.0438. The van der Waals surface area contributed by atoms with Crippen LogP contribution in [0.4, 0.5) is 17.1 Å². The van der Waals surface area contributed by atoms with Gasteiger partial charge in [0.15, 0.2) is 0 Å². The Kier molecular flexibility index (Phi) is 11.4. The van der Waals surface area contributed by atoms with Gasteiger partial charge in [-0.1, -0.05) is 255 Å². The van der Waals surface area contributed by atoms with Gasteiger partial charge in [0.25, 0.3) is 0 Å². The molecule has 2 aliphatic carbocycles. The fraction of sp³-hybridized carbons (Fsp3) is 0.211. The van der Waals surface area contributed by atoms with Crippen LogP contribution in [0.15, 0.2) is 218 Å². The summed E-state index contributed by atoms with van der Waals surface area (Å²) >= 11 is 0. The summed E-state index contributed by atoms with van der Waals surface area (Å²) in [6.07, 6.45) is 6.50. The number of para-hydroxylation sites is 2. The molecule has 0 aromatic heterocycles. The van der Waals surface area contributed by atoms with Gasteiger partial charge in [0.1, 0.15) is 0 Å². The highest BCUT2D eigenvalue weighted by molar-refractivity contribution is 6.06. The number of fused-ring (bicyclic) bond motifs is 5. The second-order valence-corrected chi connectivity index (χ2v) is 22.7. The van der Waals surface area contributed by atoms with Gasteiger partial charge in [0.05, 0.1) is 16.8 Å². The molecule has 10 aromatic carbocycles. The molecule has 10 aromatic rings. The summed E-state index contributed by atoms with van der Waals surface area (Å²) in [6, 6.07) is 83.6. The number of hydrogen-bond donors (Lipinski definition) is 0. The quantitative estimate of drug-likeness (QED) is 0.147. The minimum atomic E-state index is -0.615. The smallest absolute Gasteiger partial charge is 0.0714 e. The summed E-state index contributed by atoms with van der Waals surface area (Å²) in [4.78, 5) is 2.58. The molecule has 354 valence electrons. The Hall–Kier alpha value is -7.48. The lowest BCUT2D eigenvalue weighted by atomic mass is 9.66. The van der Waals surface area contributed by atoms with E-state index in [1.807, 2.05) is 0 Å². The molecule has 1 nitrogen and oxygen atoms in total. The largest absolute Gasteiger partial charge is 0.309 e. The van der Waals surface area contributed by atoms with Gasteiger partial charge >= 0.3 is 0 Å². The predicted molar refractivity (Wildman–Crippen MR) is 308 cm³/mol. The molecule has 0 saturated heterocycles. The van der Waals surface area contributed by atoms with Crippen molar-refractivity contribution in [2.45, 2.75) is 95.8 Å². The minimum Gasteiger partial charge on any atom is -0.309 e. The van der Waals surface area contributed by atoms with Gasteiger partial charge in [0.2, 0.25) is 0 Å². The average Bonchev–Trinajstić information content (AvgIpc) is 3.71. The number of rotatable bonds is 8. The molecule has 1 heteroatoms. The zero-order valence-corrected chi connectivity index (χ0v) is 42.8. The standard InChI is InChI=1S/C71H65N/c1-69(2,3)50-27-21-29-52(45-50)71(53-30-22-28-51(46-53)70(4,5)6)65-38-17-14-34-61(65)62-42-41-54(47-66(62)71)72(67-39-18-15-35-63(67)58-37-20-26-49-25-10-11-31-55(49)58)68-40-19-16-36-64(68)60-44-43-56(48-23-8-7-9-24-48)57-32-12-13-33-59(57)60/h10-22,25-48H,7-9,23-24H2,1-6H3. The first-order chi connectivity index (χ1) is 35.0. The molecule has 0 radical (unpaired) electrons. The first kappa shape index (κ1) is 45.6. The summed E-state index contributed by atoms with van der Waals surface area (Å²) in [7, 11) is 0. The summed E-state index contributed by atoms with van der Waals surface area (Å²) in [5.41, 5.74) is 19.5. The molecule has 72 heavy (non-hydrogen) atoms. The molecule has 12 rings (SSSR count). The number of nitrogens with zero attached hydrogens (tertiary/aromatic N) is 1. The lowest BCUT2D eigenvalue weighted by Crippen LogP contribution is -2.30. The maximum Gasteiger partial charge on any atom is 0.0714 e. The molecule has 2 aliphatic rings. The normalized spacial score (nSPS) is 14.6. The fourth-order valence-corrected chi connectivity index (χ4v) is 12.6. The van der Waals surface area contributed by atoms with E-state index >= 15 is 0 Å². The van der Waals surface area contributed by atoms with Crippen molar-refractivity contribution < 1.29 is 0 Å². The molecule has 1 saturated carbocycles. The highest BCUT2D eigenvalue weighted by atomic mass is 15.1. The molecule has 0 unspecified atom stereocenters. The average molecular weight is 932 g/mol. The Morgan fingerprint density at radius 2 is 0.861 bits per heavy atom. The van der Waals surface area contributed by atoms with E-state index in [2.05, 4.69) is 265 Å². The van der Waals surface area contributed by atoms with Crippen molar-refractivity contribution in [1.82, 2.24) is 0 Å². The van der Waals surface area contributed by atoms with Crippen LogP contribution in [0.5, 0.6) is 0 Å². The predicted octanol–water partition coefficient (Wildman–Crippen LogP) is 19.8. The third-order valence-electron chi connectivity index (χ3n) is 16.3. The zero-order chi connectivity index (χ0) is 49.2. The van der Waals surface area contributed by atoms with Crippen molar-refractivity contribution in [3.8, 4) is 33.4 Å². The van der Waals surface area contributed by atoms with Crippen molar-refractivity contribution in [1.29, 1.82) is 0 Å². The molecule has 0 spiro atoms. The molecule has 0 amide bonds. The van der Waals surface area contributed by atoms with E-state index in [0.29, 0.717) is 5.92 Å². The van der Waals surface area contributed by atoms with E-state index in [0.717, 1.165) is 17.1 Å². The molecule has 1 fully saturated rings. The second-order valence-electron chi connectivity index (χ2n) is 22.7. The highest BCUT2D eigenvalue weighted by Gasteiger charge is 2.47. The third kappa shape index (κ3) is 7.68. The van der Waals surface area contributed by atoms with Crippen LogP contribution in [0.3, 0.4) is 0 Å². The van der Waals surface area contributed by atoms with Crippen molar-refractivity contribution in [2.75, 3.05) is 4.90 Å². The van der Waals surface area contributed by atoms with Gasteiger partial charge in [-0.2, -0.15) is 0 Å². The topological polar surface area (TPSA) is 3.24 Å². The second kappa shape index (κ2) is 18.0. The van der Waals surface area contributed by atoms with Crippen LogP contribution in [-0.2, 0) is 16.2 Å². The monoisotopic (exact) mass is 932 g/mol.